The standard InChI is InChI=1S/C30H24ClN3O5/c1-19-5-3-6-22(15-19)28(35)33-25-8-4-7-23(17-25)29(36)34-32-18-20-9-14-26(27(16-20)38-2)39-30(37)21-10-12-24(31)13-11-21/h3-18H,1-2H3,(H,33,35)(H,34,36). The first-order valence-electron chi connectivity index (χ1n) is 11.8. The van der Waals surface area contributed by atoms with Crippen LogP contribution in [-0.4, -0.2) is 31.1 Å². The molecule has 4 rings (SSSR count). The fourth-order valence-electron chi connectivity index (χ4n) is 3.55. The minimum absolute atomic E-state index is 0.225. The van der Waals surface area contributed by atoms with Crippen LogP contribution < -0.4 is 20.2 Å². The number of nitrogens with zero attached hydrogens (tertiary/aromatic N) is 1. The third-order valence-electron chi connectivity index (χ3n) is 5.51. The number of hydrogen-bond donors (Lipinski definition) is 2. The molecule has 39 heavy (non-hydrogen) atoms. The Hall–Kier alpha value is -4.95. The van der Waals surface area contributed by atoms with Gasteiger partial charge < -0.3 is 14.8 Å². The van der Waals surface area contributed by atoms with Crippen molar-refractivity contribution in [3.63, 3.8) is 0 Å². The summed E-state index contributed by atoms with van der Waals surface area (Å²) >= 11 is 5.86. The first-order chi connectivity index (χ1) is 18.8. The Bertz CT molecular complexity index is 1550. The molecule has 0 heterocycles. The van der Waals surface area contributed by atoms with Crippen molar-refractivity contribution in [1.82, 2.24) is 5.43 Å². The third-order valence-corrected chi connectivity index (χ3v) is 5.76. The zero-order valence-electron chi connectivity index (χ0n) is 21.1. The van der Waals surface area contributed by atoms with Gasteiger partial charge in [-0.1, -0.05) is 35.4 Å². The molecule has 8 nitrogen and oxygen atoms in total. The number of hydrogen-bond acceptors (Lipinski definition) is 6. The van der Waals surface area contributed by atoms with Gasteiger partial charge in [-0.05, 0) is 85.3 Å². The smallest absolute Gasteiger partial charge is 0.343 e. The van der Waals surface area contributed by atoms with Crippen molar-refractivity contribution < 1.29 is 23.9 Å². The highest BCUT2D eigenvalue weighted by atomic mass is 35.5. The Morgan fingerprint density at radius 3 is 2.23 bits per heavy atom. The van der Waals surface area contributed by atoms with Crippen molar-refractivity contribution in [2.24, 2.45) is 5.10 Å². The molecule has 0 aliphatic rings. The molecule has 4 aromatic rings. The molecular weight excluding hydrogens is 518 g/mol. The first kappa shape index (κ1) is 27.1. The van der Waals surface area contributed by atoms with Gasteiger partial charge in [0, 0.05) is 21.8 Å². The predicted octanol–water partition coefficient (Wildman–Crippen LogP) is 5.89. The number of amides is 2. The van der Waals surface area contributed by atoms with Gasteiger partial charge in [-0.2, -0.15) is 5.10 Å². The average Bonchev–Trinajstić information content (AvgIpc) is 2.94. The molecule has 2 amide bonds. The van der Waals surface area contributed by atoms with Crippen LogP contribution in [0.5, 0.6) is 11.5 Å². The van der Waals surface area contributed by atoms with E-state index in [0.29, 0.717) is 38.7 Å². The van der Waals surface area contributed by atoms with Crippen LogP contribution in [0, 0.1) is 6.92 Å². The number of rotatable bonds is 8. The van der Waals surface area contributed by atoms with E-state index in [0.717, 1.165) is 5.56 Å². The van der Waals surface area contributed by atoms with Gasteiger partial charge in [0.2, 0.25) is 0 Å². The summed E-state index contributed by atoms with van der Waals surface area (Å²) in [5.41, 5.74) is 5.68. The first-order valence-corrected chi connectivity index (χ1v) is 12.2. The van der Waals surface area contributed by atoms with E-state index < -0.39 is 11.9 Å². The molecule has 9 heteroatoms. The van der Waals surface area contributed by atoms with E-state index >= 15 is 0 Å². The van der Waals surface area contributed by atoms with Gasteiger partial charge in [-0.15, -0.1) is 0 Å². The van der Waals surface area contributed by atoms with Gasteiger partial charge in [0.05, 0.1) is 18.9 Å². The number of halogens is 1. The van der Waals surface area contributed by atoms with Crippen molar-refractivity contribution in [3.8, 4) is 11.5 Å². The van der Waals surface area contributed by atoms with Crippen molar-refractivity contribution in [3.05, 3.63) is 124 Å². The van der Waals surface area contributed by atoms with Crippen LogP contribution >= 0.6 is 11.6 Å². The number of carbonyl (C=O) groups excluding carboxylic acids is 3. The highest BCUT2D eigenvalue weighted by Crippen LogP contribution is 2.28. The number of aryl methyl sites for hydroxylation is 1. The van der Waals surface area contributed by atoms with Gasteiger partial charge in [0.1, 0.15) is 0 Å². The third kappa shape index (κ3) is 7.30. The molecule has 0 saturated heterocycles. The van der Waals surface area contributed by atoms with Crippen LogP contribution in [0.3, 0.4) is 0 Å². The number of ether oxygens (including phenoxy) is 2. The Kier molecular flexibility index (Phi) is 8.71. The number of benzene rings is 4. The topological polar surface area (TPSA) is 106 Å². The molecule has 0 aliphatic heterocycles. The van der Waals surface area contributed by atoms with E-state index in [1.807, 2.05) is 19.1 Å². The Balaban J connectivity index is 1.37. The van der Waals surface area contributed by atoms with E-state index in [1.165, 1.54) is 13.3 Å². The fourth-order valence-corrected chi connectivity index (χ4v) is 3.68. The Morgan fingerprint density at radius 2 is 1.51 bits per heavy atom. The Labute approximate surface area is 230 Å². The van der Waals surface area contributed by atoms with Crippen LogP contribution in [0.25, 0.3) is 0 Å². The molecule has 0 saturated carbocycles. The minimum Gasteiger partial charge on any atom is -0.493 e. The summed E-state index contributed by atoms with van der Waals surface area (Å²) in [4.78, 5) is 37.5. The van der Waals surface area contributed by atoms with Gasteiger partial charge in [0.25, 0.3) is 11.8 Å². The summed E-state index contributed by atoms with van der Waals surface area (Å²) < 4.78 is 10.8. The van der Waals surface area contributed by atoms with Crippen molar-refractivity contribution >= 4 is 41.3 Å². The maximum atomic E-state index is 12.6. The summed E-state index contributed by atoms with van der Waals surface area (Å²) in [5.74, 6) is -0.757. The molecule has 0 atom stereocenters. The summed E-state index contributed by atoms with van der Waals surface area (Å²) in [5, 5.41) is 7.31. The lowest BCUT2D eigenvalue weighted by Crippen LogP contribution is -2.18. The van der Waals surface area contributed by atoms with Gasteiger partial charge in [0.15, 0.2) is 11.5 Å². The predicted molar refractivity (Wildman–Crippen MR) is 150 cm³/mol. The highest BCUT2D eigenvalue weighted by Gasteiger charge is 2.13. The number of methoxy groups -OCH3 is 1. The van der Waals surface area contributed by atoms with Crippen LogP contribution in [0.15, 0.2) is 96.1 Å². The Morgan fingerprint density at radius 1 is 0.795 bits per heavy atom. The second kappa shape index (κ2) is 12.5. The van der Waals surface area contributed by atoms with Gasteiger partial charge in [-0.25, -0.2) is 10.2 Å². The SMILES string of the molecule is COc1cc(C=NNC(=O)c2cccc(NC(=O)c3cccc(C)c3)c2)ccc1OC(=O)c1ccc(Cl)cc1. The minimum atomic E-state index is -0.559. The second-order valence-corrected chi connectivity index (χ2v) is 8.85. The van der Waals surface area contributed by atoms with Crippen LogP contribution in [-0.2, 0) is 0 Å². The zero-order chi connectivity index (χ0) is 27.8. The maximum absolute atomic E-state index is 12.6. The molecule has 0 aromatic heterocycles. The normalized spacial score (nSPS) is 10.6. The molecule has 0 aliphatic carbocycles. The lowest BCUT2D eigenvalue weighted by molar-refractivity contribution is 0.0729. The van der Waals surface area contributed by atoms with Gasteiger partial charge >= 0.3 is 5.97 Å². The molecule has 0 fully saturated rings. The maximum Gasteiger partial charge on any atom is 0.343 e. The van der Waals surface area contributed by atoms with Crippen LogP contribution in [0.4, 0.5) is 5.69 Å². The van der Waals surface area contributed by atoms with Crippen molar-refractivity contribution in [2.45, 2.75) is 6.92 Å². The van der Waals surface area contributed by atoms with Gasteiger partial charge in [-0.3, -0.25) is 9.59 Å². The lowest BCUT2D eigenvalue weighted by Gasteiger charge is -2.10. The van der Waals surface area contributed by atoms with E-state index in [-0.39, 0.29) is 11.7 Å². The molecular formula is C30H24ClN3O5. The summed E-state index contributed by atoms with van der Waals surface area (Å²) in [6.07, 6.45) is 1.43. The summed E-state index contributed by atoms with van der Waals surface area (Å²) in [7, 11) is 1.45. The van der Waals surface area contributed by atoms with E-state index in [4.69, 9.17) is 21.1 Å². The fraction of sp³-hybridized carbons (Fsp3) is 0.0667. The van der Waals surface area contributed by atoms with E-state index in [2.05, 4.69) is 15.8 Å². The molecule has 4 aromatic carbocycles. The number of hydrazone groups is 1. The monoisotopic (exact) mass is 541 g/mol. The average molecular weight is 542 g/mol. The molecule has 2 N–H and O–H groups in total. The largest absolute Gasteiger partial charge is 0.493 e. The number of anilines is 1. The van der Waals surface area contributed by atoms with Crippen LogP contribution in [0.1, 0.15) is 42.2 Å². The van der Waals surface area contributed by atoms with E-state index in [9.17, 15) is 14.4 Å². The molecule has 0 radical (unpaired) electrons. The highest BCUT2D eigenvalue weighted by molar-refractivity contribution is 6.30. The lowest BCUT2D eigenvalue weighted by atomic mass is 10.1. The second-order valence-electron chi connectivity index (χ2n) is 8.41. The molecule has 0 spiro atoms. The number of nitrogens with one attached hydrogen (secondary N) is 2. The summed E-state index contributed by atoms with van der Waals surface area (Å²) in [6, 6.07) is 24.9. The molecule has 0 unspecified atom stereocenters. The number of carbonyl (C=O) groups is 3. The van der Waals surface area contributed by atoms with E-state index in [1.54, 1.807) is 78.9 Å². The van der Waals surface area contributed by atoms with Crippen molar-refractivity contribution in [1.29, 1.82) is 0 Å². The quantitative estimate of drug-likeness (QED) is 0.125. The number of esters is 1. The molecule has 196 valence electrons. The van der Waals surface area contributed by atoms with Crippen LogP contribution in [0.2, 0.25) is 5.02 Å². The van der Waals surface area contributed by atoms with Crippen molar-refractivity contribution in [2.75, 3.05) is 12.4 Å². The summed E-state index contributed by atoms with van der Waals surface area (Å²) in [6.45, 7) is 1.91. The zero-order valence-corrected chi connectivity index (χ0v) is 21.9. The molecule has 0 bridgehead atoms.